The third kappa shape index (κ3) is 3.70. The number of nitrogens with zero attached hydrogens (tertiary/aromatic N) is 1. The number of anilines is 1. The van der Waals surface area contributed by atoms with Gasteiger partial charge in [0.05, 0.1) is 0 Å². The molecule has 0 amide bonds. The van der Waals surface area contributed by atoms with Gasteiger partial charge in [-0.25, -0.2) is 4.98 Å². The van der Waals surface area contributed by atoms with Crippen molar-refractivity contribution in [1.82, 2.24) is 10.3 Å². The summed E-state index contributed by atoms with van der Waals surface area (Å²) >= 11 is 0. The van der Waals surface area contributed by atoms with Crippen molar-refractivity contribution >= 4 is 5.82 Å². The molecule has 1 aliphatic carbocycles. The zero-order valence-corrected chi connectivity index (χ0v) is 10.7. The maximum absolute atomic E-state index is 5.72. The van der Waals surface area contributed by atoms with Gasteiger partial charge in [-0.05, 0) is 49.4 Å². The summed E-state index contributed by atoms with van der Waals surface area (Å²) in [5, 5.41) is 3.57. The number of hydrogen-bond acceptors (Lipinski definition) is 3. The lowest BCUT2D eigenvalue weighted by Gasteiger charge is -2.29. The van der Waals surface area contributed by atoms with Crippen LogP contribution in [0.1, 0.15) is 38.2 Å². The van der Waals surface area contributed by atoms with Gasteiger partial charge < -0.3 is 11.1 Å². The molecule has 2 unspecified atom stereocenters. The fourth-order valence-corrected chi connectivity index (χ4v) is 2.91. The Hall–Kier alpha value is -1.09. The third-order valence-corrected chi connectivity index (χ3v) is 3.65. The quantitative estimate of drug-likeness (QED) is 0.839. The lowest BCUT2D eigenvalue weighted by atomic mass is 9.82. The van der Waals surface area contributed by atoms with Crippen LogP contribution in [0, 0.1) is 5.92 Å². The summed E-state index contributed by atoms with van der Waals surface area (Å²) in [5.41, 5.74) is 7.05. The second-order valence-electron chi connectivity index (χ2n) is 5.08. The van der Waals surface area contributed by atoms with Crippen LogP contribution in [0.5, 0.6) is 0 Å². The Morgan fingerprint density at radius 1 is 1.47 bits per heavy atom. The number of hydrogen-bond donors (Lipinski definition) is 2. The summed E-state index contributed by atoms with van der Waals surface area (Å²) in [6.45, 7) is 3.27. The topological polar surface area (TPSA) is 50.9 Å². The normalized spacial score (nSPS) is 24.8. The van der Waals surface area contributed by atoms with E-state index in [1.165, 1.54) is 31.2 Å². The minimum atomic E-state index is 0.640. The standard InChI is InChI=1S/C14H23N3/c1-2-16-13-5-3-4-11(9-13)8-12-6-7-17-14(15)10-12/h6-7,10-11,13,16H,2-5,8-9H2,1H3,(H2,15,17). The predicted octanol–water partition coefficient (Wildman–Crippen LogP) is 2.37. The number of nitrogens with one attached hydrogen (secondary N) is 1. The van der Waals surface area contributed by atoms with Gasteiger partial charge in [0.2, 0.25) is 0 Å². The fourth-order valence-electron chi connectivity index (χ4n) is 2.91. The van der Waals surface area contributed by atoms with E-state index in [-0.39, 0.29) is 0 Å². The number of nitrogens with two attached hydrogens (primary N) is 1. The molecule has 1 saturated carbocycles. The van der Waals surface area contributed by atoms with E-state index in [2.05, 4.69) is 23.3 Å². The van der Waals surface area contributed by atoms with Crippen LogP contribution in [0.25, 0.3) is 0 Å². The van der Waals surface area contributed by atoms with Gasteiger partial charge in [0, 0.05) is 12.2 Å². The number of nitrogen functional groups attached to an aromatic ring is 1. The van der Waals surface area contributed by atoms with Gasteiger partial charge in [0.25, 0.3) is 0 Å². The molecule has 0 spiro atoms. The summed E-state index contributed by atoms with van der Waals surface area (Å²) in [6.07, 6.45) is 8.30. The monoisotopic (exact) mass is 233 g/mol. The Bertz CT molecular complexity index is 349. The molecule has 1 aromatic rings. The highest BCUT2D eigenvalue weighted by atomic mass is 14.9. The summed E-state index contributed by atoms with van der Waals surface area (Å²) in [5.74, 6) is 1.44. The molecule has 1 fully saturated rings. The van der Waals surface area contributed by atoms with Crippen LogP contribution in [0.3, 0.4) is 0 Å². The molecule has 0 aromatic carbocycles. The first-order chi connectivity index (χ1) is 8.28. The van der Waals surface area contributed by atoms with Crippen molar-refractivity contribution in [2.45, 2.75) is 45.1 Å². The first-order valence-corrected chi connectivity index (χ1v) is 6.71. The van der Waals surface area contributed by atoms with Crippen LogP contribution >= 0.6 is 0 Å². The highest BCUT2D eigenvalue weighted by Gasteiger charge is 2.21. The molecule has 94 valence electrons. The van der Waals surface area contributed by atoms with Crippen LogP contribution < -0.4 is 11.1 Å². The molecule has 1 aromatic heterocycles. The molecule has 2 rings (SSSR count). The molecule has 3 N–H and O–H groups in total. The Kier molecular flexibility index (Phi) is 4.37. The lowest BCUT2D eigenvalue weighted by molar-refractivity contribution is 0.287. The smallest absolute Gasteiger partial charge is 0.123 e. The van der Waals surface area contributed by atoms with Crippen molar-refractivity contribution < 1.29 is 0 Å². The summed E-state index contributed by atoms with van der Waals surface area (Å²) in [4.78, 5) is 4.04. The fraction of sp³-hybridized carbons (Fsp3) is 0.643. The van der Waals surface area contributed by atoms with E-state index in [9.17, 15) is 0 Å². The average molecular weight is 233 g/mol. The molecule has 3 heteroatoms. The molecular formula is C14H23N3. The maximum atomic E-state index is 5.72. The van der Waals surface area contributed by atoms with Gasteiger partial charge in [0.1, 0.15) is 5.82 Å². The summed E-state index contributed by atoms with van der Waals surface area (Å²) in [7, 11) is 0. The van der Waals surface area contributed by atoms with Gasteiger partial charge in [-0.1, -0.05) is 19.8 Å². The average Bonchev–Trinajstić information content (AvgIpc) is 2.30. The highest BCUT2D eigenvalue weighted by Crippen LogP contribution is 2.27. The molecule has 0 radical (unpaired) electrons. The molecule has 1 aliphatic rings. The van der Waals surface area contributed by atoms with E-state index >= 15 is 0 Å². The van der Waals surface area contributed by atoms with Crippen LogP contribution in [-0.2, 0) is 6.42 Å². The second-order valence-corrected chi connectivity index (χ2v) is 5.08. The maximum Gasteiger partial charge on any atom is 0.123 e. The summed E-state index contributed by atoms with van der Waals surface area (Å²) < 4.78 is 0. The molecule has 0 aliphatic heterocycles. The van der Waals surface area contributed by atoms with Crippen LogP contribution in [0.4, 0.5) is 5.82 Å². The van der Waals surface area contributed by atoms with Crippen molar-refractivity contribution in [2.75, 3.05) is 12.3 Å². The molecule has 3 nitrogen and oxygen atoms in total. The van der Waals surface area contributed by atoms with E-state index in [4.69, 9.17) is 5.73 Å². The second kappa shape index (κ2) is 6.01. The zero-order chi connectivity index (χ0) is 12.1. The van der Waals surface area contributed by atoms with Gasteiger partial charge >= 0.3 is 0 Å². The van der Waals surface area contributed by atoms with Crippen molar-refractivity contribution in [3.05, 3.63) is 23.9 Å². The van der Waals surface area contributed by atoms with Crippen molar-refractivity contribution in [2.24, 2.45) is 5.92 Å². The molecule has 1 heterocycles. The third-order valence-electron chi connectivity index (χ3n) is 3.65. The van der Waals surface area contributed by atoms with Crippen LogP contribution in [0.2, 0.25) is 0 Å². The van der Waals surface area contributed by atoms with Crippen molar-refractivity contribution in [3.8, 4) is 0 Å². The minimum Gasteiger partial charge on any atom is -0.384 e. The first-order valence-electron chi connectivity index (χ1n) is 6.71. The SMILES string of the molecule is CCNC1CCCC(Cc2ccnc(N)c2)C1. The predicted molar refractivity (Wildman–Crippen MR) is 71.8 cm³/mol. The van der Waals surface area contributed by atoms with E-state index < -0.39 is 0 Å². The first kappa shape index (κ1) is 12.4. The molecule has 2 atom stereocenters. The molecule has 0 bridgehead atoms. The van der Waals surface area contributed by atoms with E-state index in [0.29, 0.717) is 5.82 Å². The van der Waals surface area contributed by atoms with Crippen LogP contribution in [-0.4, -0.2) is 17.6 Å². The molecule has 0 saturated heterocycles. The van der Waals surface area contributed by atoms with Crippen molar-refractivity contribution in [1.29, 1.82) is 0 Å². The van der Waals surface area contributed by atoms with Crippen LogP contribution in [0.15, 0.2) is 18.3 Å². The van der Waals surface area contributed by atoms with Gasteiger partial charge in [-0.2, -0.15) is 0 Å². The Morgan fingerprint density at radius 2 is 2.35 bits per heavy atom. The summed E-state index contributed by atoms with van der Waals surface area (Å²) in [6, 6.07) is 4.82. The minimum absolute atomic E-state index is 0.640. The zero-order valence-electron chi connectivity index (χ0n) is 10.7. The van der Waals surface area contributed by atoms with E-state index in [1.54, 1.807) is 0 Å². The van der Waals surface area contributed by atoms with Gasteiger partial charge in [0.15, 0.2) is 0 Å². The molecule has 17 heavy (non-hydrogen) atoms. The van der Waals surface area contributed by atoms with Gasteiger partial charge in [-0.3, -0.25) is 0 Å². The largest absolute Gasteiger partial charge is 0.384 e. The highest BCUT2D eigenvalue weighted by molar-refractivity contribution is 5.32. The van der Waals surface area contributed by atoms with E-state index in [1.807, 2.05) is 12.3 Å². The molecular weight excluding hydrogens is 210 g/mol. The number of aromatic nitrogens is 1. The van der Waals surface area contributed by atoms with E-state index in [0.717, 1.165) is 24.9 Å². The Labute approximate surface area is 104 Å². The number of pyridine rings is 1. The number of rotatable bonds is 4. The van der Waals surface area contributed by atoms with Gasteiger partial charge in [-0.15, -0.1) is 0 Å². The Morgan fingerprint density at radius 3 is 3.12 bits per heavy atom. The lowest BCUT2D eigenvalue weighted by Crippen LogP contribution is -2.34. The Balaban J connectivity index is 1.90. The van der Waals surface area contributed by atoms with Crippen molar-refractivity contribution in [3.63, 3.8) is 0 Å².